The number of benzene rings is 1. The van der Waals surface area contributed by atoms with E-state index in [1.54, 1.807) is 20.0 Å². The Labute approximate surface area is 222 Å². The summed E-state index contributed by atoms with van der Waals surface area (Å²) in [5.74, 6) is -1.65. The lowest BCUT2D eigenvalue weighted by Crippen LogP contribution is -2.45. The fraction of sp³-hybridized carbons (Fsp3) is 0.440. The average Bonchev–Trinajstić information content (AvgIpc) is 3.21. The van der Waals surface area contributed by atoms with E-state index in [0.717, 1.165) is 6.07 Å². The van der Waals surface area contributed by atoms with E-state index in [2.05, 4.69) is 9.97 Å². The van der Waals surface area contributed by atoms with E-state index in [9.17, 15) is 22.8 Å². The van der Waals surface area contributed by atoms with Gasteiger partial charge in [0.15, 0.2) is 0 Å². The van der Waals surface area contributed by atoms with Crippen LogP contribution in [0.1, 0.15) is 42.2 Å². The quantitative estimate of drug-likeness (QED) is 0.449. The molecule has 4 rings (SSSR count). The van der Waals surface area contributed by atoms with Crippen molar-refractivity contribution in [2.24, 2.45) is 7.05 Å². The molecule has 2 aromatic heterocycles. The Morgan fingerprint density at radius 3 is 2.61 bits per heavy atom. The number of carbonyl (C=O) groups excluding carboxylic acids is 1. The minimum atomic E-state index is -2.93. The first-order chi connectivity index (χ1) is 17.8. The van der Waals surface area contributed by atoms with Crippen LogP contribution in [0, 0.1) is 5.82 Å². The molecule has 6 radical (unpaired) electrons. The molecule has 1 amide bonds. The molecule has 2 atom stereocenters. The van der Waals surface area contributed by atoms with Crippen LogP contribution in [0.2, 0.25) is 5.11 Å². The molecular weight excluding hydrogens is 494 g/mol. The fourth-order valence-corrected chi connectivity index (χ4v) is 5.12. The summed E-state index contributed by atoms with van der Waals surface area (Å²) in [4.78, 5) is 36.2. The first kappa shape index (κ1) is 27.9. The molecule has 1 unspecified atom stereocenters. The number of ether oxygens (including phenoxy) is 1. The van der Waals surface area contributed by atoms with E-state index in [1.165, 1.54) is 35.0 Å². The third-order valence-corrected chi connectivity index (χ3v) is 7.16. The fourth-order valence-electron chi connectivity index (χ4n) is 5.12. The Bertz CT molecular complexity index is 1450. The predicted octanol–water partition coefficient (Wildman–Crippen LogP) is 2.23. The Kier molecular flexibility index (Phi) is 7.53. The second-order valence-corrected chi connectivity index (χ2v) is 9.72. The van der Waals surface area contributed by atoms with Crippen LogP contribution < -0.4 is 5.56 Å². The van der Waals surface area contributed by atoms with Gasteiger partial charge in [-0.2, -0.15) is 0 Å². The molecule has 13 heteroatoms. The van der Waals surface area contributed by atoms with Gasteiger partial charge >= 0.3 is 0 Å². The van der Waals surface area contributed by atoms with Crippen LogP contribution in [-0.4, -0.2) is 68.6 Å². The second kappa shape index (κ2) is 10.2. The minimum Gasteiger partial charge on any atom is -0.371 e. The normalized spacial score (nSPS) is 20.0. The molecule has 1 aromatic carbocycles. The van der Waals surface area contributed by atoms with E-state index >= 15 is 0 Å². The van der Waals surface area contributed by atoms with Gasteiger partial charge in [0.2, 0.25) is 5.91 Å². The smallest absolute Gasteiger partial charge is 0.266 e. The third kappa shape index (κ3) is 4.88. The van der Waals surface area contributed by atoms with Gasteiger partial charge in [0.25, 0.3) is 12.0 Å². The summed E-state index contributed by atoms with van der Waals surface area (Å²) in [5, 5.41) is -1.58. The Balaban J connectivity index is 1.77. The molecule has 192 valence electrons. The second-order valence-electron chi connectivity index (χ2n) is 9.72. The summed E-state index contributed by atoms with van der Waals surface area (Å²) < 4.78 is 48.1. The standard InChI is InChI=1S/C25H24B3F3N4O3/c1-13-10-24(38-3,11-35(13)23(37)25(26,27)28)17-9-16-18(32-12-33-21(16)34(2)22(17)36)8-7-14-5-4-6-15(19(14)29)20(30)31/h4-6,9,12-13,20H,7-8,10-11H2,1-3H3/t13-,24?/m1/s1. The van der Waals surface area contributed by atoms with Gasteiger partial charge in [0, 0.05) is 32.0 Å². The van der Waals surface area contributed by atoms with Gasteiger partial charge in [0.05, 0.1) is 46.9 Å². The lowest BCUT2D eigenvalue weighted by Gasteiger charge is -2.32. The number of alkyl halides is 2. The molecule has 0 aliphatic carbocycles. The maximum atomic E-state index is 14.6. The molecule has 3 heterocycles. The van der Waals surface area contributed by atoms with Gasteiger partial charge in [-0.05, 0) is 31.4 Å². The van der Waals surface area contributed by atoms with Crippen LogP contribution in [0.5, 0.6) is 0 Å². The molecule has 38 heavy (non-hydrogen) atoms. The van der Waals surface area contributed by atoms with E-state index < -0.39 is 40.5 Å². The third-order valence-electron chi connectivity index (χ3n) is 7.16. The van der Waals surface area contributed by atoms with E-state index in [4.69, 9.17) is 28.3 Å². The van der Waals surface area contributed by atoms with Crippen LogP contribution in [0.3, 0.4) is 0 Å². The molecule has 0 bridgehead atoms. The Morgan fingerprint density at radius 1 is 1.26 bits per heavy atom. The maximum Gasteiger partial charge on any atom is 0.266 e. The number of fused-ring (bicyclic) bond motifs is 1. The molecule has 0 saturated carbocycles. The van der Waals surface area contributed by atoms with Gasteiger partial charge in [-0.15, -0.1) is 0 Å². The number of halogens is 3. The molecule has 0 N–H and O–H groups in total. The number of likely N-dealkylation sites (tertiary alicyclic amines) is 1. The first-order valence-corrected chi connectivity index (χ1v) is 11.9. The zero-order valence-corrected chi connectivity index (χ0v) is 21.2. The summed E-state index contributed by atoms with van der Waals surface area (Å²) in [5.41, 5.74) is -1.04. The molecule has 1 aliphatic rings. The van der Waals surface area contributed by atoms with Crippen LogP contribution in [0.15, 0.2) is 35.4 Å². The van der Waals surface area contributed by atoms with Gasteiger partial charge in [-0.25, -0.2) is 23.1 Å². The van der Waals surface area contributed by atoms with E-state index in [1.807, 2.05) is 0 Å². The highest BCUT2D eigenvalue weighted by atomic mass is 19.3. The first-order valence-electron chi connectivity index (χ1n) is 11.9. The molecule has 1 saturated heterocycles. The number of hydrogen-bond donors (Lipinski definition) is 0. The molecule has 1 aliphatic heterocycles. The zero-order chi connectivity index (χ0) is 28.0. The minimum absolute atomic E-state index is 0.0216. The van der Waals surface area contributed by atoms with Crippen molar-refractivity contribution in [3.63, 3.8) is 0 Å². The highest BCUT2D eigenvalue weighted by Gasteiger charge is 2.48. The van der Waals surface area contributed by atoms with E-state index in [-0.39, 0.29) is 42.5 Å². The van der Waals surface area contributed by atoms with E-state index in [0.29, 0.717) is 16.7 Å². The van der Waals surface area contributed by atoms with Crippen LogP contribution in [0.25, 0.3) is 11.0 Å². The molecule has 1 fully saturated rings. The number of carbonyl (C=O) groups is 1. The maximum absolute atomic E-state index is 14.6. The summed E-state index contributed by atoms with van der Waals surface area (Å²) in [6, 6.07) is 5.10. The number of hydrogen-bond acceptors (Lipinski definition) is 5. The van der Waals surface area contributed by atoms with Gasteiger partial charge < -0.3 is 9.64 Å². The van der Waals surface area contributed by atoms with Crippen molar-refractivity contribution in [3.05, 3.63) is 69.1 Å². The van der Waals surface area contributed by atoms with Crippen molar-refractivity contribution in [2.45, 2.75) is 49.4 Å². The average molecular weight is 518 g/mol. The number of pyridine rings is 1. The molecule has 0 spiro atoms. The largest absolute Gasteiger partial charge is 0.371 e. The topological polar surface area (TPSA) is 77.3 Å². The van der Waals surface area contributed by atoms with Gasteiger partial charge in [-0.1, -0.05) is 23.3 Å². The molecule has 3 aromatic rings. The van der Waals surface area contributed by atoms with Crippen molar-refractivity contribution < 1.29 is 22.7 Å². The number of rotatable bonds is 7. The van der Waals surface area contributed by atoms with Crippen LogP contribution in [0.4, 0.5) is 13.2 Å². The number of nitrogens with zero attached hydrogens (tertiary/aromatic N) is 4. The van der Waals surface area contributed by atoms with Crippen molar-refractivity contribution in [2.75, 3.05) is 13.7 Å². The number of aromatic nitrogens is 3. The van der Waals surface area contributed by atoms with Crippen molar-refractivity contribution >= 4 is 40.5 Å². The lowest BCUT2D eigenvalue weighted by molar-refractivity contribution is -0.132. The van der Waals surface area contributed by atoms with Crippen molar-refractivity contribution in [1.82, 2.24) is 19.4 Å². The summed E-state index contributed by atoms with van der Waals surface area (Å²) in [6.07, 6.45) is -1.09. The number of aryl methyl sites for hydroxylation is 3. The monoisotopic (exact) mass is 518 g/mol. The molecular formula is C25H24B3F3N4O3. The lowest BCUT2D eigenvalue weighted by atomic mass is 9.42. The number of methoxy groups -OCH3 is 1. The van der Waals surface area contributed by atoms with Crippen LogP contribution >= 0.6 is 0 Å². The summed E-state index contributed by atoms with van der Waals surface area (Å²) >= 11 is 0. The van der Waals surface area contributed by atoms with Gasteiger partial charge in [0.1, 0.15) is 23.4 Å². The highest BCUT2D eigenvalue weighted by molar-refractivity contribution is 6.68. The van der Waals surface area contributed by atoms with Crippen molar-refractivity contribution in [3.8, 4) is 0 Å². The van der Waals surface area contributed by atoms with Crippen molar-refractivity contribution in [1.29, 1.82) is 0 Å². The molecule has 7 nitrogen and oxygen atoms in total. The Morgan fingerprint density at radius 2 is 1.97 bits per heavy atom. The zero-order valence-electron chi connectivity index (χ0n) is 21.2. The predicted molar refractivity (Wildman–Crippen MR) is 138 cm³/mol. The number of amides is 1. The van der Waals surface area contributed by atoms with Gasteiger partial charge in [-0.3, -0.25) is 14.2 Å². The summed E-state index contributed by atoms with van der Waals surface area (Å²) in [7, 11) is 19.9. The highest BCUT2D eigenvalue weighted by Crippen LogP contribution is 2.40. The SMILES string of the molecule is [B]C([B])([B])C(=O)N1CC(OC)(c2cc3c(CCc4cccc(C(F)F)c4F)ncnc3n(C)c2=O)C[C@H]1C. The summed E-state index contributed by atoms with van der Waals surface area (Å²) in [6.45, 7) is 1.75. The Hall–Kier alpha value is -3.08. The van der Waals surface area contributed by atoms with Crippen LogP contribution in [-0.2, 0) is 35.0 Å².